The number of anilines is 2. The Labute approximate surface area is 171 Å². The number of nitriles is 1. The first kappa shape index (κ1) is 21.6. The van der Waals surface area contributed by atoms with E-state index in [-0.39, 0.29) is 30.4 Å². The molecule has 1 amide bonds. The minimum Gasteiger partial charge on any atom is -0.345 e. The molecule has 0 spiro atoms. The summed E-state index contributed by atoms with van der Waals surface area (Å²) in [5, 5.41) is 24.4. The van der Waals surface area contributed by atoms with Crippen LogP contribution in [0.1, 0.15) is 42.5 Å². The van der Waals surface area contributed by atoms with Crippen molar-refractivity contribution in [2.45, 2.75) is 50.1 Å². The molecule has 0 unspecified atom stereocenters. The number of pyridine rings is 1. The van der Waals surface area contributed by atoms with Crippen LogP contribution in [-0.4, -0.2) is 45.6 Å². The summed E-state index contributed by atoms with van der Waals surface area (Å²) in [6.45, 7) is -0.373. The zero-order valence-corrected chi connectivity index (χ0v) is 16.1. The van der Waals surface area contributed by atoms with Gasteiger partial charge >= 0.3 is 0 Å². The molecule has 0 radical (unpaired) electrons. The molecule has 2 heterocycles. The fourth-order valence-electron chi connectivity index (χ4n) is 3.61. The molecule has 2 aromatic rings. The van der Waals surface area contributed by atoms with Crippen LogP contribution in [0.2, 0.25) is 0 Å². The maximum absolute atomic E-state index is 13.3. The molecule has 0 saturated heterocycles. The van der Waals surface area contributed by atoms with Crippen LogP contribution < -0.4 is 16.0 Å². The summed E-state index contributed by atoms with van der Waals surface area (Å²) < 4.78 is 38.1. The quantitative estimate of drug-likeness (QED) is 0.487. The van der Waals surface area contributed by atoms with Gasteiger partial charge in [0.1, 0.15) is 11.4 Å². The number of nitrogens with one attached hydrogen (secondary N) is 4. The van der Waals surface area contributed by atoms with Gasteiger partial charge < -0.3 is 16.0 Å². The van der Waals surface area contributed by atoms with Gasteiger partial charge in [0.05, 0.1) is 30.8 Å². The molecule has 2 aromatic heterocycles. The van der Waals surface area contributed by atoms with Gasteiger partial charge in [0.15, 0.2) is 0 Å². The summed E-state index contributed by atoms with van der Waals surface area (Å²) >= 11 is 0. The summed E-state index contributed by atoms with van der Waals surface area (Å²) in [6.07, 6.45) is 2.43. The topological polar surface area (TPSA) is 119 Å². The minimum absolute atomic E-state index is 0.0736. The van der Waals surface area contributed by atoms with Gasteiger partial charge in [0.25, 0.3) is 12.3 Å². The Kier molecular flexibility index (Phi) is 6.89. The smallest absolute Gasteiger partial charge is 0.257 e. The zero-order chi connectivity index (χ0) is 21.6. The van der Waals surface area contributed by atoms with E-state index in [9.17, 15) is 23.2 Å². The van der Waals surface area contributed by atoms with Crippen LogP contribution in [0, 0.1) is 17.3 Å². The van der Waals surface area contributed by atoms with Crippen LogP contribution in [0.25, 0.3) is 0 Å². The van der Waals surface area contributed by atoms with E-state index in [2.05, 4.69) is 37.2 Å². The van der Waals surface area contributed by atoms with E-state index in [4.69, 9.17) is 0 Å². The summed E-state index contributed by atoms with van der Waals surface area (Å²) in [5.74, 6) is -0.830. The average molecular weight is 421 g/mol. The number of alkyl halides is 2. The van der Waals surface area contributed by atoms with Crippen molar-refractivity contribution in [3.05, 3.63) is 36.0 Å². The highest BCUT2D eigenvalue weighted by Crippen LogP contribution is 2.32. The number of hydrogen-bond acceptors (Lipinski definition) is 6. The van der Waals surface area contributed by atoms with Crippen LogP contribution in [0.4, 0.5) is 24.7 Å². The SMILES string of the molecule is N#CCC1(NC(=O)c2cn[nH]c2Nc2ccnc(F)c2)CCC(NCC(F)F)CC1. The lowest BCUT2D eigenvalue weighted by atomic mass is 9.77. The Balaban J connectivity index is 1.67. The largest absolute Gasteiger partial charge is 0.345 e. The van der Waals surface area contributed by atoms with Crippen molar-refractivity contribution in [1.29, 1.82) is 5.26 Å². The Bertz CT molecular complexity index is 904. The van der Waals surface area contributed by atoms with Gasteiger partial charge in [-0.1, -0.05) is 0 Å². The van der Waals surface area contributed by atoms with Gasteiger partial charge in [-0.3, -0.25) is 9.89 Å². The Morgan fingerprint density at radius 2 is 2.17 bits per heavy atom. The molecule has 1 aliphatic carbocycles. The van der Waals surface area contributed by atoms with Crippen LogP contribution in [0.15, 0.2) is 24.5 Å². The molecule has 1 fully saturated rings. The van der Waals surface area contributed by atoms with Gasteiger partial charge in [-0.05, 0) is 31.7 Å². The van der Waals surface area contributed by atoms with Crippen LogP contribution in [0.3, 0.4) is 0 Å². The molecule has 0 aliphatic heterocycles. The van der Waals surface area contributed by atoms with Crippen LogP contribution >= 0.6 is 0 Å². The predicted octanol–water partition coefficient (Wildman–Crippen LogP) is 2.87. The van der Waals surface area contributed by atoms with Gasteiger partial charge in [0, 0.05) is 24.0 Å². The number of nitrogens with zero attached hydrogens (tertiary/aromatic N) is 3. The second-order valence-electron chi connectivity index (χ2n) is 7.29. The average Bonchev–Trinajstić information content (AvgIpc) is 3.16. The van der Waals surface area contributed by atoms with E-state index in [1.54, 1.807) is 0 Å². The number of amides is 1. The van der Waals surface area contributed by atoms with E-state index < -0.39 is 23.8 Å². The molecule has 0 aromatic carbocycles. The van der Waals surface area contributed by atoms with Crippen molar-refractivity contribution in [1.82, 2.24) is 25.8 Å². The molecule has 3 rings (SSSR count). The fourth-order valence-corrected chi connectivity index (χ4v) is 3.61. The predicted molar refractivity (Wildman–Crippen MR) is 103 cm³/mol. The van der Waals surface area contributed by atoms with Gasteiger partial charge in [0.2, 0.25) is 5.95 Å². The lowest BCUT2D eigenvalue weighted by Gasteiger charge is -2.39. The molecule has 1 saturated carbocycles. The molecule has 4 N–H and O–H groups in total. The number of aromatic nitrogens is 3. The monoisotopic (exact) mass is 421 g/mol. The highest BCUT2D eigenvalue weighted by Gasteiger charge is 2.37. The third-order valence-electron chi connectivity index (χ3n) is 5.18. The third-order valence-corrected chi connectivity index (χ3v) is 5.18. The molecule has 1 aliphatic rings. The van der Waals surface area contributed by atoms with Gasteiger partial charge in [-0.25, -0.2) is 13.8 Å². The molecule has 30 heavy (non-hydrogen) atoms. The second kappa shape index (κ2) is 9.58. The van der Waals surface area contributed by atoms with Crippen molar-refractivity contribution in [3.63, 3.8) is 0 Å². The Hall–Kier alpha value is -3.13. The van der Waals surface area contributed by atoms with Crippen molar-refractivity contribution < 1.29 is 18.0 Å². The Morgan fingerprint density at radius 1 is 1.40 bits per heavy atom. The van der Waals surface area contributed by atoms with Crippen molar-refractivity contribution in [3.8, 4) is 6.07 Å². The molecule has 0 bridgehead atoms. The van der Waals surface area contributed by atoms with E-state index in [1.165, 1.54) is 24.5 Å². The molecule has 0 atom stereocenters. The maximum atomic E-state index is 13.3. The molecule has 11 heteroatoms. The lowest BCUT2D eigenvalue weighted by molar-refractivity contribution is 0.0855. The second-order valence-corrected chi connectivity index (χ2v) is 7.29. The van der Waals surface area contributed by atoms with Crippen molar-refractivity contribution in [2.75, 3.05) is 11.9 Å². The summed E-state index contributed by atoms with van der Waals surface area (Å²) in [4.78, 5) is 16.4. The minimum atomic E-state index is -2.42. The first-order chi connectivity index (χ1) is 14.4. The number of hydrogen-bond donors (Lipinski definition) is 4. The fraction of sp³-hybridized carbons (Fsp3) is 0.474. The van der Waals surface area contributed by atoms with Crippen LogP contribution in [0.5, 0.6) is 0 Å². The summed E-state index contributed by atoms with van der Waals surface area (Å²) in [5.41, 5.74) is -0.146. The molecular formula is C19H22F3N7O. The summed E-state index contributed by atoms with van der Waals surface area (Å²) in [7, 11) is 0. The number of carbonyl (C=O) groups excluding carboxylic acids is 1. The van der Waals surface area contributed by atoms with Crippen molar-refractivity contribution >= 4 is 17.4 Å². The normalized spacial score (nSPS) is 21.2. The van der Waals surface area contributed by atoms with E-state index >= 15 is 0 Å². The highest BCUT2D eigenvalue weighted by molar-refractivity contribution is 5.99. The van der Waals surface area contributed by atoms with Gasteiger partial charge in [-0.2, -0.15) is 14.8 Å². The third kappa shape index (κ3) is 5.48. The number of rotatable bonds is 8. The molecular weight excluding hydrogens is 399 g/mol. The first-order valence-corrected chi connectivity index (χ1v) is 9.54. The lowest BCUT2D eigenvalue weighted by Crippen LogP contribution is -2.53. The Morgan fingerprint density at radius 3 is 2.83 bits per heavy atom. The summed E-state index contributed by atoms with van der Waals surface area (Å²) in [6, 6.07) is 4.75. The maximum Gasteiger partial charge on any atom is 0.257 e. The van der Waals surface area contributed by atoms with Crippen molar-refractivity contribution in [2.24, 2.45) is 0 Å². The first-order valence-electron chi connectivity index (χ1n) is 9.54. The number of halogens is 3. The van der Waals surface area contributed by atoms with E-state index in [0.29, 0.717) is 31.4 Å². The molecule has 8 nitrogen and oxygen atoms in total. The number of aromatic amines is 1. The molecule has 160 valence electrons. The van der Waals surface area contributed by atoms with E-state index in [1.807, 2.05) is 0 Å². The van der Waals surface area contributed by atoms with Crippen LogP contribution in [-0.2, 0) is 0 Å². The van der Waals surface area contributed by atoms with E-state index in [0.717, 1.165) is 0 Å². The zero-order valence-electron chi connectivity index (χ0n) is 16.1. The number of carbonyl (C=O) groups is 1. The number of H-pyrrole nitrogens is 1. The van der Waals surface area contributed by atoms with Gasteiger partial charge in [-0.15, -0.1) is 0 Å². The highest BCUT2D eigenvalue weighted by atomic mass is 19.3. The standard InChI is InChI=1S/C19H22F3N7O/c20-15(21)11-25-12-1-4-19(5-2-12,6-7-23)28-18(30)14-10-26-29-17(14)27-13-3-8-24-16(22)9-13/h3,8-10,12,15,25H,1-2,4-6,11H2,(H,28,30)(H2,24,26,27,29).